The van der Waals surface area contributed by atoms with Gasteiger partial charge in [0.1, 0.15) is 11.9 Å². The Balaban J connectivity index is 1.53. The topological polar surface area (TPSA) is 101 Å². The van der Waals surface area contributed by atoms with E-state index < -0.39 is 6.02 Å². The summed E-state index contributed by atoms with van der Waals surface area (Å²) in [7, 11) is 0. The summed E-state index contributed by atoms with van der Waals surface area (Å²) < 4.78 is 23.7. The molecule has 1 atom stereocenters. The fraction of sp³-hybridized carbons (Fsp3) is 0.281. The standard InChI is InChI=1S/C32H33FN8/c1-32(2,3)19-37-29-21(16-34)17-36-31-25(27-6-4-5-13-35-27)14-23(15-26(29)31)38-30(20-7-9-22(33)10-8-20)28-18-41(40-39-28)24-11-12-24/h4-10,13-15,17-18,24,30,38-40H,11-12,19H2,1-3H3,(H,36,37)/i30D. The highest BCUT2D eigenvalue weighted by Gasteiger charge is 2.32. The second-order valence-electron chi connectivity index (χ2n) is 11.6. The Morgan fingerprint density at radius 2 is 1.98 bits per heavy atom. The number of hydrogen-bond donors (Lipinski definition) is 4. The van der Waals surface area contributed by atoms with Crippen molar-refractivity contribution in [2.24, 2.45) is 5.41 Å². The van der Waals surface area contributed by atoms with E-state index in [1.165, 1.54) is 12.1 Å². The predicted octanol–water partition coefficient (Wildman–Crippen LogP) is 6.25. The van der Waals surface area contributed by atoms with Gasteiger partial charge in [-0.1, -0.05) is 39.0 Å². The molecule has 0 radical (unpaired) electrons. The summed E-state index contributed by atoms with van der Waals surface area (Å²) in [6.45, 7) is 7.01. The Morgan fingerprint density at radius 3 is 2.66 bits per heavy atom. The predicted molar refractivity (Wildman–Crippen MR) is 160 cm³/mol. The van der Waals surface area contributed by atoms with E-state index in [9.17, 15) is 11.0 Å². The first kappa shape index (κ1) is 25.3. The van der Waals surface area contributed by atoms with Crippen molar-refractivity contribution < 1.29 is 5.76 Å². The van der Waals surface area contributed by atoms with Crippen LogP contribution in [-0.2, 0) is 0 Å². The number of halogens is 1. The molecule has 9 heteroatoms. The number of fused-ring (bicyclic) bond motifs is 1. The van der Waals surface area contributed by atoms with Crippen molar-refractivity contribution in [2.75, 3.05) is 17.2 Å². The molecule has 1 saturated carbocycles. The van der Waals surface area contributed by atoms with Crippen molar-refractivity contribution in [3.63, 3.8) is 0 Å². The van der Waals surface area contributed by atoms with E-state index in [1.54, 1.807) is 24.5 Å². The maximum atomic E-state index is 14.0. The lowest BCUT2D eigenvalue weighted by Crippen LogP contribution is -2.38. The van der Waals surface area contributed by atoms with Crippen LogP contribution in [0.1, 0.15) is 52.1 Å². The summed E-state index contributed by atoms with van der Waals surface area (Å²) in [5.74, 6) is -0.375. The minimum atomic E-state index is -1.52. The molecule has 3 heterocycles. The lowest BCUT2D eigenvalue weighted by molar-refractivity contribution is 0.260. The first-order valence-electron chi connectivity index (χ1n) is 14.2. The number of nitrogens with one attached hydrogen (secondary N) is 4. The van der Waals surface area contributed by atoms with Gasteiger partial charge in [-0.2, -0.15) is 5.26 Å². The highest BCUT2D eigenvalue weighted by molar-refractivity contribution is 6.03. The Kier molecular flexibility index (Phi) is 6.61. The van der Waals surface area contributed by atoms with Crippen LogP contribution in [0, 0.1) is 22.6 Å². The molecule has 2 aliphatic rings. The molecule has 4 aromatic rings. The van der Waals surface area contributed by atoms with Crippen molar-refractivity contribution in [2.45, 2.75) is 45.7 Å². The Labute approximate surface area is 240 Å². The molecule has 2 aromatic heterocycles. The van der Waals surface area contributed by atoms with Gasteiger partial charge in [-0.15, -0.1) is 5.53 Å². The molecule has 2 aromatic carbocycles. The molecule has 0 saturated heterocycles. The lowest BCUT2D eigenvalue weighted by atomic mass is 9.96. The van der Waals surface area contributed by atoms with Gasteiger partial charge in [0.05, 0.1) is 35.5 Å². The van der Waals surface area contributed by atoms with Gasteiger partial charge in [-0.3, -0.25) is 15.0 Å². The highest BCUT2D eigenvalue weighted by atomic mass is 19.1. The molecule has 1 aliphatic carbocycles. The lowest BCUT2D eigenvalue weighted by Gasteiger charge is -2.24. The normalized spacial score (nSPS) is 16.8. The van der Waals surface area contributed by atoms with Crippen LogP contribution >= 0.6 is 0 Å². The average Bonchev–Trinajstić information content (AvgIpc) is 3.71. The SMILES string of the molecule is [2H]C(Nc1cc(-c2ccccn2)c2ncc(C#N)c(NCC(C)(C)C)c2c1)(C1=CN(C2CC2)NN1)c1ccc(F)cc1. The number of rotatable bonds is 8. The second kappa shape index (κ2) is 10.7. The summed E-state index contributed by atoms with van der Waals surface area (Å²) in [4.78, 5) is 9.29. The zero-order valence-corrected chi connectivity index (χ0v) is 23.3. The fourth-order valence-electron chi connectivity index (χ4n) is 4.78. The number of hydrazine groups is 2. The molecule has 6 rings (SSSR count). The molecule has 1 unspecified atom stereocenters. The summed E-state index contributed by atoms with van der Waals surface area (Å²) >= 11 is 0. The molecule has 0 spiro atoms. The van der Waals surface area contributed by atoms with Gasteiger partial charge >= 0.3 is 0 Å². The number of anilines is 2. The molecule has 208 valence electrons. The van der Waals surface area contributed by atoms with Crippen LogP contribution < -0.4 is 21.6 Å². The smallest absolute Gasteiger partial charge is 0.123 e. The number of aromatic nitrogens is 2. The van der Waals surface area contributed by atoms with Gasteiger partial charge in [-0.05, 0) is 60.2 Å². The van der Waals surface area contributed by atoms with Crippen LogP contribution in [0.5, 0.6) is 0 Å². The average molecular weight is 550 g/mol. The molecule has 0 bridgehead atoms. The fourth-order valence-corrected chi connectivity index (χ4v) is 4.78. The highest BCUT2D eigenvalue weighted by Crippen LogP contribution is 2.38. The number of nitriles is 1. The molecule has 41 heavy (non-hydrogen) atoms. The van der Waals surface area contributed by atoms with Crippen LogP contribution in [0.15, 0.2) is 78.9 Å². The van der Waals surface area contributed by atoms with Gasteiger partial charge in [0, 0.05) is 47.8 Å². The van der Waals surface area contributed by atoms with Crippen LogP contribution in [0.25, 0.3) is 22.2 Å². The first-order chi connectivity index (χ1) is 20.1. The van der Waals surface area contributed by atoms with E-state index in [2.05, 4.69) is 53.4 Å². The third kappa shape index (κ3) is 5.79. The van der Waals surface area contributed by atoms with Crippen LogP contribution in [-0.4, -0.2) is 27.6 Å². The third-order valence-electron chi connectivity index (χ3n) is 7.03. The van der Waals surface area contributed by atoms with Gasteiger partial charge in [0.15, 0.2) is 0 Å². The number of benzene rings is 2. The van der Waals surface area contributed by atoms with Gasteiger partial charge in [-0.25, -0.2) is 4.39 Å². The maximum Gasteiger partial charge on any atom is 0.123 e. The quantitative estimate of drug-likeness (QED) is 0.205. The maximum absolute atomic E-state index is 14.0. The van der Waals surface area contributed by atoms with Crippen molar-refractivity contribution in [3.05, 3.63) is 95.8 Å². The third-order valence-corrected chi connectivity index (χ3v) is 7.03. The molecule has 8 nitrogen and oxygen atoms in total. The van der Waals surface area contributed by atoms with Gasteiger partial charge in [0.2, 0.25) is 0 Å². The minimum absolute atomic E-state index is 0.0397. The zero-order valence-electron chi connectivity index (χ0n) is 24.3. The summed E-state index contributed by atoms with van der Waals surface area (Å²) in [5.41, 5.74) is 11.3. The van der Waals surface area contributed by atoms with Crippen molar-refractivity contribution >= 4 is 22.3 Å². The number of nitrogens with zero attached hydrogens (tertiary/aromatic N) is 4. The zero-order chi connectivity index (χ0) is 29.5. The van der Waals surface area contributed by atoms with E-state index in [0.29, 0.717) is 52.0 Å². The first-order valence-corrected chi connectivity index (χ1v) is 13.7. The van der Waals surface area contributed by atoms with E-state index >= 15 is 0 Å². The van der Waals surface area contributed by atoms with Crippen LogP contribution in [0.2, 0.25) is 0 Å². The van der Waals surface area contributed by atoms with Crippen LogP contribution in [0.3, 0.4) is 0 Å². The monoisotopic (exact) mass is 549 g/mol. The summed E-state index contributed by atoms with van der Waals surface area (Å²) in [5, 5.41) is 19.6. The van der Waals surface area contributed by atoms with Crippen LogP contribution in [0.4, 0.5) is 15.8 Å². The number of hydrogen-bond acceptors (Lipinski definition) is 8. The second-order valence-corrected chi connectivity index (χ2v) is 11.6. The summed E-state index contributed by atoms with van der Waals surface area (Å²) in [6.07, 6.45) is 7.36. The Hall–Kier alpha value is -4.68. The Morgan fingerprint density at radius 1 is 1.17 bits per heavy atom. The Bertz CT molecular complexity index is 1690. The number of pyridine rings is 2. The van der Waals surface area contributed by atoms with Gasteiger partial charge in [0.25, 0.3) is 0 Å². The molecule has 1 aliphatic heterocycles. The molecular formula is C32H33FN8. The van der Waals surface area contributed by atoms with E-state index in [0.717, 1.165) is 23.8 Å². The molecule has 4 N–H and O–H groups in total. The van der Waals surface area contributed by atoms with E-state index in [4.69, 9.17) is 4.98 Å². The van der Waals surface area contributed by atoms with E-state index in [-0.39, 0.29) is 11.2 Å². The van der Waals surface area contributed by atoms with Crippen molar-refractivity contribution in [1.82, 2.24) is 25.9 Å². The summed E-state index contributed by atoms with van der Waals surface area (Å²) in [6, 6.07) is 16.6. The minimum Gasteiger partial charge on any atom is -0.383 e. The van der Waals surface area contributed by atoms with Crippen molar-refractivity contribution in [1.29, 1.82) is 5.26 Å². The molecular weight excluding hydrogens is 515 g/mol. The molecule has 1 fully saturated rings. The van der Waals surface area contributed by atoms with Crippen molar-refractivity contribution in [3.8, 4) is 17.3 Å². The molecule has 0 amide bonds. The largest absolute Gasteiger partial charge is 0.383 e. The van der Waals surface area contributed by atoms with E-state index in [1.807, 2.05) is 41.5 Å². The van der Waals surface area contributed by atoms with Gasteiger partial charge < -0.3 is 16.1 Å².